The fraction of sp³-hybridized carbons (Fsp3) is 0.0385. The molecule has 1 aliphatic heterocycles. The number of hydrogen-bond acceptors (Lipinski definition) is 4. The third-order valence-corrected chi connectivity index (χ3v) is 6.20. The van der Waals surface area contributed by atoms with Crippen molar-refractivity contribution in [2.24, 2.45) is 4.99 Å². The number of thioether (sulfide) groups is 1. The zero-order valence-corrected chi connectivity index (χ0v) is 18.1. The van der Waals surface area contributed by atoms with Gasteiger partial charge in [0.1, 0.15) is 5.82 Å². The zero-order chi connectivity index (χ0) is 22.8. The molecule has 2 heterocycles. The lowest BCUT2D eigenvalue weighted by molar-refractivity contribution is -0.115. The van der Waals surface area contributed by atoms with Gasteiger partial charge in [-0.2, -0.15) is 5.26 Å². The van der Waals surface area contributed by atoms with Gasteiger partial charge in [-0.05, 0) is 59.8 Å². The van der Waals surface area contributed by atoms with Crippen LogP contribution in [-0.2, 0) is 11.3 Å². The number of nitriles is 1. The van der Waals surface area contributed by atoms with Crippen molar-refractivity contribution in [2.45, 2.75) is 6.54 Å². The van der Waals surface area contributed by atoms with Crippen molar-refractivity contribution in [3.63, 3.8) is 0 Å². The van der Waals surface area contributed by atoms with Gasteiger partial charge in [0.2, 0.25) is 0 Å². The first-order valence-electron chi connectivity index (χ1n) is 10.2. The van der Waals surface area contributed by atoms with E-state index in [9.17, 15) is 14.4 Å². The van der Waals surface area contributed by atoms with Crippen molar-refractivity contribution in [3.8, 4) is 6.07 Å². The van der Waals surface area contributed by atoms with E-state index in [1.807, 2.05) is 60.8 Å². The Morgan fingerprint density at radius 2 is 1.82 bits per heavy atom. The highest BCUT2D eigenvalue weighted by Crippen LogP contribution is 2.31. The van der Waals surface area contributed by atoms with E-state index in [-0.39, 0.29) is 11.7 Å². The van der Waals surface area contributed by atoms with Crippen molar-refractivity contribution >= 4 is 45.5 Å². The normalized spacial score (nSPS) is 15.8. The average Bonchev–Trinajstić information content (AvgIpc) is 3.35. The first-order chi connectivity index (χ1) is 16.1. The molecule has 0 unspecified atom stereocenters. The lowest BCUT2D eigenvalue weighted by Crippen LogP contribution is -2.19. The molecule has 0 bridgehead atoms. The summed E-state index contributed by atoms with van der Waals surface area (Å²) < 4.78 is 15.2. The lowest BCUT2D eigenvalue weighted by atomic mass is 10.1. The van der Waals surface area contributed by atoms with Gasteiger partial charge >= 0.3 is 0 Å². The number of amides is 1. The highest BCUT2D eigenvalue weighted by molar-refractivity contribution is 8.18. The Morgan fingerprint density at radius 3 is 2.64 bits per heavy atom. The summed E-state index contributed by atoms with van der Waals surface area (Å²) in [5.41, 5.74) is 4.05. The third-order valence-electron chi connectivity index (χ3n) is 5.29. The Labute approximate surface area is 193 Å². The number of fused-ring (bicyclic) bond motifs is 1. The molecule has 1 aliphatic rings. The Balaban J connectivity index is 1.48. The van der Waals surface area contributed by atoms with E-state index < -0.39 is 0 Å². The number of para-hydroxylation sites is 1. The molecule has 1 N–H and O–H groups in total. The Morgan fingerprint density at radius 1 is 1.06 bits per heavy atom. The molecule has 7 heteroatoms. The first-order valence-corrected chi connectivity index (χ1v) is 11.0. The average molecular weight is 453 g/mol. The fourth-order valence-electron chi connectivity index (χ4n) is 3.73. The second kappa shape index (κ2) is 8.77. The van der Waals surface area contributed by atoms with Crippen LogP contribution in [0.1, 0.15) is 16.7 Å². The Bertz CT molecular complexity index is 1480. The van der Waals surface area contributed by atoms with Gasteiger partial charge in [-0.25, -0.2) is 9.38 Å². The summed E-state index contributed by atoms with van der Waals surface area (Å²) in [6.07, 6.45) is 3.84. The van der Waals surface area contributed by atoms with E-state index in [2.05, 4.69) is 20.9 Å². The molecule has 3 aromatic carbocycles. The topological polar surface area (TPSA) is 70.2 Å². The van der Waals surface area contributed by atoms with Crippen LogP contribution in [0.3, 0.4) is 0 Å². The molecule has 0 aliphatic carbocycles. The van der Waals surface area contributed by atoms with Gasteiger partial charge in [0, 0.05) is 29.2 Å². The number of nitrogens with one attached hydrogen (secondary N) is 1. The molecule has 5 nitrogen and oxygen atoms in total. The molecular formula is C26H17FN4OS. The highest BCUT2D eigenvalue weighted by atomic mass is 32.2. The number of aliphatic imine (C=N–C) groups is 1. The van der Waals surface area contributed by atoms with E-state index in [0.717, 1.165) is 22.0 Å². The number of nitrogens with zero attached hydrogens (tertiary/aromatic N) is 3. The largest absolute Gasteiger partial charge is 0.342 e. The quantitative estimate of drug-likeness (QED) is 0.410. The maximum absolute atomic E-state index is 13.1. The van der Waals surface area contributed by atoms with Gasteiger partial charge in [0.05, 0.1) is 22.2 Å². The molecule has 1 aromatic heterocycles. The zero-order valence-electron chi connectivity index (χ0n) is 17.3. The van der Waals surface area contributed by atoms with E-state index in [1.165, 1.54) is 23.9 Å². The molecule has 0 atom stereocenters. The predicted molar refractivity (Wildman–Crippen MR) is 129 cm³/mol. The van der Waals surface area contributed by atoms with Gasteiger partial charge in [-0.15, -0.1) is 0 Å². The van der Waals surface area contributed by atoms with Crippen LogP contribution in [-0.4, -0.2) is 15.6 Å². The van der Waals surface area contributed by atoms with Crippen LogP contribution in [0.15, 0.2) is 88.9 Å². The third kappa shape index (κ3) is 4.29. The molecule has 1 saturated heterocycles. The fourth-order valence-corrected chi connectivity index (χ4v) is 4.56. The van der Waals surface area contributed by atoms with E-state index in [4.69, 9.17) is 0 Å². The number of rotatable bonds is 4. The molecular weight excluding hydrogens is 435 g/mol. The van der Waals surface area contributed by atoms with Crippen molar-refractivity contribution in [1.29, 1.82) is 5.26 Å². The van der Waals surface area contributed by atoms with E-state index >= 15 is 0 Å². The molecule has 1 amide bonds. The molecule has 4 aromatic rings. The first kappa shape index (κ1) is 20.7. The predicted octanol–water partition coefficient (Wildman–Crippen LogP) is 5.59. The highest BCUT2D eigenvalue weighted by Gasteiger charge is 2.24. The van der Waals surface area contributed by atoms with E-state index in [0.29, 0.717) is 27.9 Å². The molecule has 0 spiro atoms. The summed E-state index contributed by atoms with van der Waals surface area (Å²) in [5, 5.41) is 13.7. The molecule has 160 valence electrons. The minimum atomic E-state index is -0.337. The van der Waals surface area contributed by atoms with Crippen LogP contribution < -0.4 is 5.32 Å². The number of halogens is 1. The van der Waals surface area contributed by atoms with Crippen LogP contribution in [0.5, 0.6) is 0 Å². The summed E-state index contributed by atoms with van der Waals surface area (Å²) in [4.78, 5) is 17.5. The van der Waals surface area contributed by atoms with Gasteiger partial charge in [0.15, 0.2) is 5.17 Å². The monoisotopic (exact) mass is 452 g/mol. The van der Waals surface area contributed by atoms with E-state index in [1.54, 1.807) is 12.1 Å². The minimum absolute atomic E-state index is 0.229. The van der Waals surface area contributed by atoms with Crippen LogP contribution >= 0.6 is 11.8 Å². The van der Waals surface area contributed by atoms with Crippen molar-refractivity contribution in [2.75, 3.05) is 0 Å². The van der Waals surface area contributed by atoms with Gasteiger partial charge in [-0.3, -0.25) is 4.79 Å². The van der Waals surface area contributed by atoms with Crippen molar-refractivity contribution in [3.05, 3.63) is 106 Å². The Kier molecular flexibility index (Phi) is 5.51. The molecule has 0 saturated carbocycles. The van der Waals surface area contributed by atoms with Crippen molar-refractivity contribution < 1.29 is 9.18 Å². The Hall–Kier alpha value is -4.15. The maximum Gasteiger partial charge on any atom is 0.264 e. The summed E-state index contributed by atoms with van der Waals surface area (Å²) >= 11 is 1.24. The number of aromatic nitrogens is 1. The summed E-state index contributed by atoms with van der Waals surface area (Å²) in [7, 11) is 0. The van der Waals surface area contributed by atoms with Crippen LogP contribution in [0.25, 0.3) is 17.0 Å². The smallest absolute Gasteiger partial charge is 0.264 e. The number of amidine groups is 1. The van der Waals surface area contributed by atoms with Gasteiger partial charge in [-0.1, -0.05) is 36.4 Å². The minimum Gasteiger partial charge on any atom is -0.342 e. The van der Waals surface area contributed by atoms with Crippen LogP contribution in [0.4, 0.5) is 10.1 Å². The number of hydrogen-bond donors (Lipinski definition) is 1. The molecule has 33 heavy (non-hydrogen) atoms. The second-order valence-electron chi connectivity index (χ2n) is 7.46. The van der Waals surface area contributed by atoms with Crippen LogP contribution in [0, 0.1) is 17.1 Å². The molecule has 1 fully saturated rings. The number of carbonyl (C=O) groups is 1. The summed E-state index contributed by atoms with van der Waals surface area (Å²) in [5.74, 6) is -0.566. The van der Waals surface area contributed by atoms with Crippen LogP contribution in [0.2, 0.25) is 0 Å². The standard InChI is InChI=1S/C26H17FN4OS/c27-20-9-11-21(12-10-20)29-26-30-25(32)24(33-26)13-19-16-31(23-8-4-3-7-22(19)23)15-18-6-2-1-5-17(18)14-28/h1-13,16H,15H2,(H,29,30,32)/b24-13-. The summed E-state index contributed by atoms with van der Waals surface area (Å²) in [6, 6.07) is 23.5. The molecule has 0 radical (unpaired) electrons. The SMILES string of the molecule is N#Cc1ccccc1Cn1cc(/C=C2\SC(=Nc3ccc(F)cc3)NC2=O)c2ccccc21. The lowest BCUT2D eigenvalue weighted by Gasteiger charge is -2.07. The second-order valence-corrected chi connectivity index (χ2v) is 8.49. The maximum atomic E-state index is 13.1. The summed E-state index contributed by atoms with van der Waals surface area (Å²) in [6.45, 7) is 0.546. The number of carbonyl (C=O) groups excluding carboxylic acids is 1. The van der Waals surface area contributed by atoms with Crippen molar-refractivity contribution in [1.82, 2.24) is 9.88 Å². The van der Waals surface area contributed by atoms with Gasteiger partial charge < -0.3 is 9.88 Å². The molecule has 5 rings (SSSR count). The number of benzene rings is 3. The van der Waals surface area contributed by atoms with Gasteiger partial charge in [0.25, 0.3) is 5.91 Å².